The van der Waals surface area contributed by atoms with Crippen LogP contribution in [0.3, 0.4) is 0 Å². The Balaban J connectivity index is 1.60. The first-order valence-corrected chi connectivity index (χ1v) is 8.32. The van der Waals surface area contributed by atoms with Crippen molar-refractivity contribution in [3.63, 3.8) is 0 Å². The molecule has 25 heavy (non-hydrogen) atoms. The molecule has 0 radical (unpaired) electrons. The molecule has 1 aliphatic heterocycles. The number of H-pyrrole nitrogens is 1. The molecule has 1 saturated heterocycles. The Hall–Kier alpha value is -2.90. The van der Waals surface area contributed by atoms with Crippen molar-refractivity contribution in [2.75, 3.05) is 19.6 Å². The number of carbonyl (C=O) groups is 2. The van der Waals surface area contributed by atoms with E-state index in [2.05, 4.69) is 10.4 Å². The van der Waals surface area contributed by atoms with Crippen LogP contribution < -0.4 is 16.4 Å². The van der Waals surface area contributed by atoms with E-state index in [-0.39, 0.29) is 42.4 Å². The highest BCUT2D eigenvalue weighted by molar-refractivity contribution is 5.85. The number of rotatable bonds is 5. The van der Waals surface area contributed by atoms with E-state index in [0.29, 0.717) is 10.8 Å². The van der Waals surface area contributed by atoms with E-state index in [0.717, 1.165) is 30.6 Å². The van der Waals surface area contributed by atoms with E-state index in [1.165, 1.54) is 0 Å². The van der Waals surface area contributed by atoms with Crippen molar-refractivity contribution in [3.05, 3.63) is 45.0 Å². The molecular weight excluding hydrogens is 324 g/mol. The first kappa shape index (κ1) is 16.9. The molecule has 3 rings (SSSR count). The lowest BCUT2D eigenvalue weighted by Gasteiger charge is -2.15. The van der Waals surface area contributed by atoms with E-state index < -0.39 is 0 Å². The Bertz CT molecular complexity index is 909. The third-order valence-corrected chi connectivity index (χ3v) is 4.34. The number of likely N-dealkylation sites (tertiary alicyclic amines) is 1. The van der Waals surface area contributed by atoms with Crippen LogP contribution in [0.5, 0.6) is 0 Å². The minimum Gasteiger partial charge on any atom is -0.347 e. The Morgan fingerprint density at radius 2 is 1.76 bits per heavy atom. The third-order valence-electron chi connectivity index (χ3n) is 4.34. The van der Waals surface area contributed by atoms with Gasteiger partial charge in [0.25, 0.3) is 11.1 Å². The Morgan fingerprint density at radius 3 is 2.48 bits per heavy atom. The van der Waals surface area contributed by atoms with Gasteiger partial charge in [-0.05, 0) is 25.0 Å². The fraction of sp³-hybridized carbons (Fsp3) is 0.412. The predicted molar refractivity (Wildman–Crippen MR) is 92.3 cm³/mol. The summed E-state index contributed by atoms with van der Waals surface area (Å²) in [6.07, 6.45) is 2.00. The molecule has 0 unspecified atom stereocenters. The Labute approximate surface area is 143 Å². The SMILES string of the molecule is O=C(CCn1[nH]c(=O)c2ccccc2c1=O)NCC(=O)N1CCCC1. The van der Waals surface area contributed by atoms with Crippen molar-refractivity contribution < 1.29 is 9.59 Å². The van der Waals surface area contributed by atoms with Gasteiger partial charge >= 0.3 is 0 Å². The standard InChI is InChI=1S/C17H20N4O4/c22-14(18-11-15(23)20-8-3-4-9-20)7-10-21-17(25)13-6-2-1-5-12(13)16(24)19-21/h1-2,5-6H,3-4,7-11H2,(H,18,22)(H,19,24). The number of carbonyl (C=O) groups excluding carboxylic acids is 2. The van der Waals surface area contributed by atoms with Crippen LogP contribution in [0.1, 0.15) is 19.3 Å². The molecular formula is C17H20N4O4. The maximum absolute atomic E-state index is 12.3. The summed E-state index contributed by atoms with van der Waals surface area (Å²) in [6, 6.07) is 6.53. The van der Waals surface area contributed by atoms with Crippen molar-refractivity contribution in [2.24, 2.45) is 0 Å². The average Bonchev–Trinajstić information content (AvgIpc) is 3.16. The fourth-order valence-corrected chi connectivity index (χ4v) is 2.96. The van der Waals surface area contributed by atoms with E-state index in [9.17, 15) is 19.2 Å². The molecule has 8 heteroatoms. The van der Waals surface area contributed by atoms with Crippen LogP contribution in [-0.4, -0.2) is 46.1 Å². The molecule has 2 amide bonds. The van der Waals surface area contributed by atoms with E-state index >= 15 is 0 Å². The highest BCUT2D eigenvalue weighted by Crippen LogP contribution is 2.06. The summed E-state index contributed by atoms with van der Waals surface area (Å²) in [7, 11) is 0. The molecule has 2 heterocycles. The summed E-state index contributed by atoms with van der Waals surface area (Å²) in [6.45, 7) is 1.48. The monoisotopic (exact) mass is 344 g/mol. The van der Waals surface area contributed by atoms with Crippen molar-refractivity contribution in [3.8, 4) is 0 Å². The van der Waals surface area contributed by atoms with Crippen LogP contribution in [0, 0.1) is 0 Å². The minimum absolute atomic E-state index is 0.00146. The van der Waals surface area contributed by atoms with E-state index in [1.807, 2.05) is 0 Å². The van der Waals surface area contributed by atoms with Gasteiger partial charge in [-0.2, -0.15) is 0 Å². The van der Waals surface area contributed by atoms with E-state index in [1.54, 1.807) is 29.2 Å². The van der Waals surface area contributed by atoms with Gasteiger partial charge in [0, 0.05) is 19.5 Å². The fourth-order valence-electron chi connectivity index (χ4n) is 2.96. The van der Waals surface area contributed by atoms with Gasteiger partial charge in [0.2, 0.25) is 11.8 Å². The molecule has 1 aliphatic rings. The third kappa shape index (κ3) is 3.78. The maximum Gasteiger partial charge on any atom is 0.273 e. The molecule has 0 aliphatic carbocycles. The molecule has 2 aromatic rings. The number of aryl methyl sites for hydroxylation is 1. The summed E-state index contributed by atoms with van der Waals surface area (Å²) in [5, 5.41) is 5.68. The number of fused-ring (bicyclic) bond motifs is 1. The first-order valence-electron chi connectivity index (χ1n) is 8.32. The number of aromatic nitrogens is 2. The van der Waals surface area contributed by atoms with Gasteiger partial charge in [-0.25, -0.2) is 4.68 Å². The maximum atomic E-state index is 12.3. The zero-order valence-corrected chi connectivity index (χ0v) is 13.8. The number of amides is 2. The van der Waals surface area contributed by atoms with Crippen molar-refractivity contribution in [1.82, 2.24) is 20.0 Å². The van der Waals surface area contributed by atoms with Crippen molar-refractivity contribution in [2.45, 2.75) is 25.8 Å². The van der Waals surface area contributed by atoms with Gasteiger partial charge < -0.3 is 10.2 Å². The highest BCUT2D eigenvalue weighted by atomic mass is 16.2. The van der Waals surface area contributed by atoms with Gasteiger partial charge in [-0.15, -0.1) is 0 Å². The molecule has 1 fully saturated rings. The second-order valence-electron chi connectivity index (χ2n) is 6.06. The van der Waals surface area contributed by atoms with Crippen LogP contribution in [0.15, 0.2) is 33.9 Å². The first-order chi connectivity index (χ1) is 12.1. The molecule has 132 valence electrons. The van der Waals surface area contributed by atoms with Crippen LogP contribution >= 0.6 is 0 Å². The molecule has 2 N–H and O–H groups in total. The molecule has 1 aromatic heterocycles. The lowest BCUT2D eigenvalue weighted by Crippen LogP contribution is -2.39. The molecule has 0 bridgehead atoms. The van der Waals surface area contributed by atoms with Gasteiger partial charge in [0.15, 0.2) is 0 Å². The molecule has 8 nitrogen and oxygen atoms in total. The number of nitrogens with zero attached hydrogens (tertiary/aromatic N) is 2. The van der Waals surface area contributed by atoms with Crippen molar-refractivity contribution in [1.29, 1.82) is 0 Å². The number of hydrogen-bond acceptors (Lipinski definition) is 4. The molecule has 0 saturated carbocycles. The largest absolute Gasteiger partial charge is 0.347 e. The minimum atomic E-state index is -0.375. The van der Waals surface area contributed by atoms with E-state index in [4.69, 9.17) is 0 Å². The molecule has 0 spiro atoms. The number of hydrogen-bond donors (Lipinski definition) is 2. The Kier molecular flexibility index (Phi) is 4.97. The topological polar surface area (TPSA) is 104 Å². The number of nitrogens with one attached hydrogen (secondary N) is 2. The zero-order chi connectivity index (χ0) is 17.8. The van der Waals surface area contributed by atoms with Crippen LogP contribution in [-0.2, 0) is 16.1 Å². The lowest BCUT2D eigenvalue weighted by atomic mass is 10.2. The molecule has 0 atom stereocenters. The lowest BCUT2D eigenvalue weighted by molar-refractivity contribution is -0.132. The van der Waals surface area contributed by atoms with Crippen LogP contribution in [0.2, 0.25) is 0 Å². The van der Waals surface area contributed by atoms with Gasteiger partial charge in [-0.1, -0.05) is 12.1 Å². The predicted octanol–water partition coefficient (Wildman–Crippen LogP) is -0.181. The smallest absolute Gasteiger partial charge is 0.273 e. The van der Waals surface area contributed by atoms with Crippen LogP contribution in [0.4, 0.5) is 0 Å². The summed E-state index contributed by atoms with van der Waals surface area (Å²) in [5.74, 6) is -0.435. The normalized spacial score (nSPS) is 14.0. The zero-order valence-electron chi connectivity index (χ0n) is 13.8. The Morgan fingerprint density at radius 1 is 1.08 bits per heavy atom. The molecule has 1 aromatic carbocycles. The average molecular weight is 344 g/mol. The highest BCUT2D eigenvalue weighted by Gasteiger charge is 2.18. The van der Waals surface area contributed by atoms with Crippen LogP contribution in [0.25, 0.3) is 10.8 Å². The summed E-state index contributed by atoms with van der Waals surface area (Å²) < 4.78 is 1.13. The summed E-state index contributed by atoms with van der Waals surface area (Å²) in [4.78, 5) is 49.8. The quantitative estimate of drug-likeness (QED) is 0.785. The summed E-state index contributed by atoms with van der Waals surface area (Å²) in [5.41, 5.74) is -0.726. The number of aromatic amines is 1. The second kappa shape index (κ2) is 7.33. The van der Waals surface area contributed by atoms with Crippen molar-refractivity contribution >= 4 is 22.6 Å². The summed E-state index contributed by atoms with van der Waals surface area (Å²) >= 11 is 0. The number of benzene rings is 1. The second-order valence-corrected chi connectivity index (χ2v) is 6.06. The van der Waals surface area contributed by atoms with Gasteiger partial charge in [-0.3, -0.25) is 24.3 Å². The van der Waals surface area contributed by atoms with Gasteiger partial charge in [0.1, 0.15) is 0 Å². The van der Waals surface area contributed by atoms with Gasteiger partial charge in [0.05, 0.1) is 23.9 Å².